The number of rotatable bonds is 7. The Hall–Kier alpha value is -0.120. The van der Waals surface area contributed by atoms with Crippen LogP contribution in [-0.2, 0) is 6.54 Å². The molecule has 1 aromatic rings. The Labute approximate surface area is 94.7 Å². The number of thiazole rings is 1. The van der Waals surface area contributed by atoms with Crippen LogP contribution in [0.25, 0.3) is 0 Å². The highest BCUT2D eigenvalue weighted by Gasteiger charge is 2.04. The van der Waals surface area contributed by atoms with Gasteiger partial charge in [-0.1, -0.05) is 13.3 Å². The average Bonchev–Trinajstić information content (AvgIpc) is 2.69. The van der Waals surface area contributed by atoms with Crippen LogP contribution in [-0.4, -0.2) is 17.4 Å². The van der Waals surface area contributed by atoms with E-state index >= 15 is 0 Å². The van der Waals surface area contributed by atoms with Gasteiger partial charge in [0.15, 0.2) is 0 Å². The maximum atomic E-state index is 5.72. The molecule has 0 saturated heterocycles. The van der Waals surface area contributed by atoms with Crippen molar-refractivity contribution >= 4 is 22.9 Å². The molecule has 1 unspecified atom stereocenters. The van der Waals surface area contributed by atoms with Crippen LogP contribution < -0.4 is 5.32 Å². The molecule has 0 aliphatic carbocycles. The van der Waals surface area contributed by atoms with E-state index in [4.69, 9.17) is 11.6 Å². The standard InChI is InChI=1S/C10H17ClN2S/c1-2-9(3-4-11)5-12-6-10-7-13-8-14-10/h7-9,12H,2-6H2,1H3. The number of aromatic nitrogens is 1. The Morgan fingerprint density at radius 2 is 2.50 bits per heavy atom. The maximum absolute atomic E-state index is 5.72. The number of nitrogens with one attached hydrogen (secondary N) is 1. The van der Waals surface area contributed by atoms with Gasteiger partial charge in [-0.3, -0.25) is 4.98 Å². The average molecular weight is 233 g/mol. The fraction of sp³-hybridized carbons (Fsp3) is 0.700. The number of halogens is 1. The van der Waals surface area contributed by atoms with Crippen LogP contribution in [0.1, 0.15) is 24.6 Å². The normalized spacial score (nSPS) is 13.0. The molecule has 1 aromatic heterocycles. The molecular formula is C10H17ClN2S. The fourth-order valence-electron chi connectivity index (χ4n) is 1.33. The van der Waals surface area contributed by atoms with Crippen LogP contribution in [0.4, 0.5) is 0 Å². The van der Waals surface area contributed by atoms with E-state index in [1.54, 1.807) is 11.3 Å². The second-order valence-corrected chi connectivity index (χ2v) is 4.70. The number of alkyl halides is 1. The fourth-order valence-corrected chi connectivity index (χ4v) is 2.21. The molecule has 0 saturated carbocycles. The van der Waals surface area contributed by atoms with E-state index < -0.39 is 0 Å². The van der Waals surface area contributed by atoms with E-state index in [2.05, 4.69) is 17.2 Å². The summed E-state index contributed by atoms with van der Waals surface area (Å²) in [4.78, 5) is 5.33. The Bertz CT molecular complexity index is 226. The third-order valence-electron chi connectivity index (χ3n) is 2.31. The SMILES string of the molecule is CCC(CCCl)CNCc1cncs1. The van der Waals surface area contributed by atoms with E-state index in [9.17, 15) is 0 Å². The van der Waals surface area contributed by atoms with Crippen LogP contribution in [0.5, 0.6) is 0 Å². The van der Waals surface area contributed by atoms with Crippen LogP contribution in [0.2, 0.25) is 0 Å². The molecule has 1 atom stereocenters. The Kier molecular flexibility index (Phi) is 6.15. The molecule has 0 aliphatic rings. The molecule has 2 nitrogen and oxygen atoms in total. The first kappa shape index (κ1) is 12.0. The molecule has 0 aliphatic heterocycles. The lowest BCUT2D eigenvalue weighted by atomic mass is 10.0. The minimum Gasteiger partial charge on any atom is -0.312 e. The van der Waals surface area contributed by atoms with Crippen molar-refractivity contribution in [3.63, 3.8) is 0 Å². The van der Waals surface area contributed by atoms with Gasteiger partial charge in [-0.25, -0.2) is 0 Å². The van der Waals surface area contributed by atoms with E-state index in [0.29, 0.717) is 5.92 Å². The summed E-state index contributed by atoms with van der Waals surface area (Å²) in [6.45, 7) is 4.20. The molecule has 80 valence electrons. The van der Waals surface area contributed by atoms with Gasteiger partial charge in [0.05, 0.1) is 5.51 Å². The lowest BCUT2D eigenvalue weighted by Gasteiger charge is -2.13. The summed E-state index contributed by atoms with van der Waals surface area (Å²) in [6, 6.07) is 0. The third kappa shape index (κ3) is 4.40. The first-order chi connectivity index (χ1) is 6.86. The summed E-state index contributed by atoms with van der Waals surface area (Å²) in [5.74, 6) is 1.47. The summed E-state index contributed by atoms with van der Waals surface area (Å²) in [5, 5.41) is 3.44. The van der Waals surface area contributed by atoms with Crippen LogP contribution >= 0.6 is 22.9 Å². The summed E-state index contributed by atoms with van der Waals surface area (Å²) >= 11 is 7.41. The molecule has 1 heterocycles. The van der Waals surface area contributed by atoms with Crippen LogP contribution in [0.15, 0.2) is 11.7 Å². The summed E-state index contributed by atoms with van der Waals surface area (Å²) < 4.78 is 0. The quantitative estimate of drug-likeness (QED) is 0.732. The highest BCUT2D eigenvalue weighted by atomic mass is 35.5. The second-order valence-electron chi connectivity index (χ2n) is 3.35. The predicted octanol–water partition coefficient (Wildman–Crippen LogP) is 2.89. The molecule has 4 heteroatoms. The summed E-state index contributed by atoms with van der Waals surface area (Å²) in [7, 11) is 0. The Morgan fingerprint density at radius 3 is 3.07 bits per heavy atom. The minimum atomic E-state index is 0.709. The molecule has 0 radical (unpaired) electrons. The van der Waals surface area contributed by atoms with Crippen molar-refractivity contribution in [2.45, 2.75) is 26.3 Å². The van der Waals surface area contributed by atoms with Crippen molar-refractivity contribution in [3.8, 4) is 0 Å². The molecular weight excluding hydrogens is 216 g/mol. The van der Waals surface area contributed by atoms with Crippen LogP contribution in [0, 0.1) is 5.92 Å². The largest absolute Gasteiger partial charge is 0.312 e. The highest BCUT2D eigenvalue weighted by Crippen LogP contribution is 2.09. The van der Waals surface area contributed by atoms with Gasteiger partial charge in [0.25, 0.3) is 0 Å². The molecule has 0 fully saturated rings. The van der Waals surface area contributed by atoms with E-state index in [-0.39, 0.29) is 0 Å². The van der Waals surface area contributed by atoms with E-state index in [0.717, 1.165) is 25.4 Å². The number of hydrogen-bond donors (Lipinski definition) is 1. The van der Waals surface area contributed by atoms with Gasteiger partial charge < -0.3 is 5.32 Å². The number of hydrogen-bond acceptors (Lipinski definition) is 3. The number of nitrogens with zero attached hydrogens (tertiary/aromatic N) is 1. The van der Waals surface area contributed by atoms with Gasteiger partial charge in [0, 0.05) is 23.5 Å². The molecule has 0 amide bonds. The summed E-state index contributed by atoms with van der Waals surface area (Å²) in [6.07, 6.45) is 4.22. The highest BCUT2D eigenvalue weighted by molar-refractivity contribution is 7.09. The maximum Gasteiger partial charge on any atom is 0.0794 e. The van der Waals surface area contributed by atoms with Crippen molar-refractivity contribution in [3.05, 3.63) is 16.6 Å². The molecule has 0 aromatic carbocycles. The van der Waals surface area contributed by atoms with Crippen LogP contribution in [0.3, 0.4) is 0 Å². The minimum absolute atomic E-state index is 0.709. The van der Waals surface area contributed by atoms with E-state index in [1.807, 2.05) is 11.7 Å². The molecule has 14 heavy (non-hydrogen) atoms. The van der Waals surface area contributed by atoms with Crippen molar-refractivity contribution in [2.75, 3.05) is 12.4 Å². The lowest BCUT2D eigenvalue weighted by molar-refractivity contribution is 0.452. The van der Waals surface area contributed by atoms with Gasteiger partial charge in [-0.15, -0.1) is 22.9 Å². The molecule has 0 spiro atoms. The van der Waals surface area contributed by atoms with Crippen molar-refractivity contribution in [1.82, 2.24) is 10.3 Å². The van der Waals surface area contributed by atoms with Gasteiger partial charge in [-0.2, -0.15) is 0 Å². The van der Waals surface area contributed by atoms with Gasteiger partial charge >= 0.3 is 0 Å². The van der Waals surface area contributed by atoms with Crippen molar-refractivity contribution in [2.24, 2.45) is 5.92 Å². The molecule has 1 N–H and O–H groups in total. The van der Waals surface area contributed by atoms with Gasteiger partial charge in [0.2, 0.25) is 0 Å². The Balaban J connectivity index is 2.13. The molecule has 1 rings (SSSR count). The zero-order valence-corrected chi connectivity index (χ0v) is 10.1. The lowest BCUT2D eigenvalue weighted by Crippen LogP contribution is -2.22. The van der Waals surface area contributed by atoms with Crippen molar-refractivity contribution in [1.29, 1.82) is 0 Å². The third-order valence-corrected chi connectivity index (χ3v) is 3.31. The zero-order chi connectivity index (χ0) is 10.2. The monoisotopic (exact) mass is 232 g/mol. The first-order valence-electron chi connectivity index (χ1n) is 5.00. The molecule has 0 bridgehead atoms. The first-order valence-corrected chi connectivity index (χ1v) is 6.42. The smallest absolute Gasteiger partial charge is 0.0794 e. The zero-order valence-electron chi connectivity index (χ0n) is 8.50. The topological polar surface area (TPSA) is 24.9 Å². The van der Waals surface area contributed by atoms with E-state index in [1.165, 1.54) is 11.3 Å². The second kappa shape index (κ2) is 7.21. The summed E-state index contributed by atoms with van der Waals surface area (Å²) in [5.41, 5.74) is 1.87. The van der Waals surface area contributed by atoms with Gasteiger partial charge in [-0.05, 0) is 18.9 Å². The predicted molar refractivity (Wildman–Crippen MR) is 62.9 cm³/mol. The van der Waals surface area contributed by atoms with Crippen molar-refractivity contribution < 1.29 is 0 Å². The Morgan fingerprint density at radius 1 is 1.64 bits per heavy atom. The van der Waals surface area contributed by atoms with Gasteiger partial charge in [0.1, 0.15) is 0 Å².